The summed E-state index contributed by atoms with van der Waals surface area (Å²) in [5, 5.41) is 5.79. The number of para-hydroxylation sites is 1. The van der Waals surface area contributed by atoms with Gasteiger partial charge in [0.1, 0.15) is 5.75 Å². The summed E-state index contributed by atoms with van der Waals surface area (Å²) in [5.74, 6) is 0.978. The molecule has 0 aromatic heterocycles. The van der Waals surface area contributed by atoms with Gasteiger partial charge < -0.3 is 20.3 Å². The van der Waals surface area contributed by atoms with Crippen molar-refractivity contribution in [1.29, 1.82) is 0 Å². The van der Waals surface area contributed by atoms with Crippen molar-refractivity contribution < 1.29 is 14.3 Å². The number of nitrogens with one attached hydrogen (secondary N) is 2. The summed E-state index contributed by atoms with van der Waals surface area (Å²) in [6.07, 6.45) is 1.90. The van der Waals surface area contributed by atoms with Crippen molar-refractivity contribution in [1.82, 2.24) is 5.32 Å². The first-order chi connectivity index (χ1) is 13.8. The van der Waals surface area contributed by atoms with E-state index in [1.807, 2.05) is 68.1 Å². The molecule has 2 N–H and O–H groups in total. The average molecular weight is 393 g/mol. The van der Waals surface area contributed by atoms with Crippen LogP contribution >= 0.6 is 0 Å². The lowest BCUT2D eigenvalue weighted by molar-refractivity contribution is -0.119. The van der Waals surface area contributed by atoms with Crippen molar-refractivity contribution in [3.63, 3.8) is 0 Å². The first-order valence-corrected chi connectivity index (χ1v) is 10.1. The van der Waals surface area contributed by atoms with Crippen LogP contribution in [0.3, 0.4) is 0 Å². The summed E-state index contributed by atoms with van der Waals surface area (Å²) in [6, 6.07) is 13.4. The molecule has 0 saturated carbocycles. The van der Waals surface area contributed by atoms with Gasteiger partial charge in [-0.3, -0.25) is 4.79 Å². The molecule has 2 aliphatic rings. The Kier molecular flexibility index (Phi) is 4.94. The van der Waals surface area contributed by atoms with E-state index in [1.54, 1.807) is 0 Å². The van der Waals surface area contributed by atoms with Crippen molar-refractivity contribution in [3.8, 4) is 5.75 Å². The molecule has 152 valence electrons. The molecule has 0 saturated heterocycles. The maximum atomic E-state index is 12.9. The number of hydrogen-bond acceptors (Lipinski definition) is 3. The van der Waals surface area contributed by atoms with Crippen molar-refractivity contribution in [2.24, 2.45) is 0 Å². The molecule has 6 nitrogen and oxygen atoms in total. The van der Waals surface area contributed by atoms with E-state index in [2.05, 4.69) is 10.6 Å². The SMILES string of the molecule is CC(C)(C)NC(=O)Nc1ccc2c(c1)CCC(=O)N2C1CCOc2ccccc21. The lowest BCUT2D eigenvalue weighted by Crippen LogP contribution is -2.43. The lowest BCUT2D eigenvalue weighted by Gasteiger charge is -2.39. The number of carbonyl (C=O) groups is 2. The number of nitrogens with zero attached hydrogens (tertiary/aromatic N) is 1. The van der Waals surface area contributed by atoms with Gasteiger partial charge in [0.25, 0.3) is 0 Å². The van der Waals surface area contributed by atoms with Crippen LogP contribution < -0.4 is 20.3 Å². The maximum absolute atomic E-state index is 12.9. The highest BCUT2D eigenvalue weighted by Crippen LogP contribution is 2.42. The van der Waals surface area contributed by atoms with E-state index < -0.39 is 0 Å². The fraction of sp³-hybridized carbons (Fsp3) is 0.391. The Hall–Kier alpha value is -3.02. The zero-order valence-corrected chi connectivity index (χ0v) is 17.1. The molecular formula is C23H27N3O3. The topological polar surface area (TPSA) is 70.7 Å². The number of amides is 3. The van der Waals surface area contributed by atoms with E-state index in [1.165, 1.54) is 0 Å². The molecule has 1 unspecified atom stereocenters. The van der Waals surface area contributed by atoms with Gasteiger partial charge in [-0.1, -0.05) is 18.2 Å². The molecule has 0 spiro atoms. The van der Waals surface area contributed by atoms with Crippen LogP contribution in [-0.2, 0) is 11.2 Å². The van der Waals surface area contributed by atoms with Crippen LogP contribution in [0.1, 0.15) is 50.8 Å². The normalized spacial score (nSPS) is 18.4. The molecule has 2 aromatic carbocycles. The number of ether oxygens (including phenoxy) is 1. The first-order valence-electron chi connectivity index (χ1n) is 10.1. The molecule has 0 fully saturated rings. The summed E-state index contributed by atoms with van der Waals surface area (Å²) in [7, 11) is 0. The lowest BCUT2D eigenvalue weighted by atomic mass is 9.93. The Morgan fingerprint density at radius 3 is 2.72 bits per heavy atom. The highest BCUT2D eigenvalue weighted by atomic mass is 16.5. The summed E-state index contributed by atoms with van der Waals surface area (Å²) in [5.41, 5.74) is 3.46. The Bertz CT molecular complexity index is 949. The van der Waals surface area contributed by atoms with E-state index >= 15 is 0 Å². The zero-order chi connectivity index (χ0) is 20.6. The van der Waals surface area contributed by atoms with Gasteiger partial charge in [0, 0.05) is 35.3 Å². The molecule has 2 heterocycles. The Balaban J connectivity index is 1.62. The van der Waals surface area contributed by atoms with Gasteiger partial charge in [-0.15, -0.1) is 0 Å². The van der Waals surface area contributed by atoms with Crippen LogP contribution in [0.4, 0.5) is 16.2 Å². The molecule has 6 heteroatoms. The monoisotopic (exact) mass is 393 g/mol. The fourth-order valence-electron chi connectivity index (χ4n) is 4.03. The second-order valence-electron chi connectivity index (χ2n) is 8.63. The summed E-state index contributed by atoms with van der Waals surface area (Å²) < 4.78 is 5.78. The third kappa shape index (κ3) is 4.06. The Labute approximate surface area is 171 Å². The predicted molar refractivity (Wildman–Crippen MR) is 113 cm³/mol. The minimum Gasteiger partial charge on any atom is -0.493 e. The number of rotatable bonds is 2. The second-order valence-corrected chi connectivity index (χ2v) is 8.63. The zero-order valence-electron chi connectivity index (χ0n) is 17.1. The van der Waals surface area contributed by atoms with Crippen LogP contribution in [0, 0.1) is 0 Å². The molecule has 2 aromatic rings. The minimum atomic E-state index is -0.308. The van der Waals surface area contributed by atoms with Crippen LogP contribution in [0.25, 0.3) is 0 Å². The predicted octanol–water partition coefficient (Wildman–Crippen LogP) is 4.41. The average Bonchev–Trinajstić information content (AvgIpc) is 2.66. The van der Waals surface area contributed by atoms with Gasteiger partial charge >= 0.3 is 6.03 Å². The van der Waals surface area contributed by atoms with Gasteiger partial charge in [0.2, 0.25) is 5.91 Å². The first kappa shape index (κ1) is 19.3. The fourth-order valence-corrected chi connectivity index (χ4v) is 4.03. The quantitative estimate of drug-likeness (QED) is 0.794. The number of carbonyl (C=O) groups excluding carboxylic acids is 2. The van der Waals surface area contributed by atoms with Gasteiger partial charge in [0.05, 0.1) is 12.6 Å². The molecule has 3 amide bonds. The summed E-state index contributed by atoms with van der Waals surface area (Å²) in [6.45, 7) is 6.41. The maximum Gasteiger partial charge on any atom is 0.319 e. The van der Waals surface area contributed by atoms with Crippen molar-refractivity contribution in [2.75, 3.05) is 16.8 Å². The summed E-state index contributed by atoms with van der Waals surface area (Å²) in [4.78, 5) is 27.0. The van der Waals surface area contributed by atoms with Crippen LogP contribution in [-0.4, -0.2) is 24.1 Å². The van der Waals surface area contributed by atoms with Crippen LogP contribution in [0.5, 0.6) is 5.75 Å². The molecule has 2 aliphatic heterocycles. The number of hydrogen-bond donors (Lipinski definition) is 2. The molecule has 0 radical (unpaired) electrons. The van der Waals surface area contributed by atoms with E-state index in [4.69, 9.17) is 4.74 Å². The molecule has 29 heavy (non-hydrogen) atoms. The highest BCUT2D eigenvalue weighted by molar-refractivity contribution is 5.98. The Morgan fingerprint density at radius 2 is 1.93 bits per heavy atom. The number of fused-ring (bicyclic) bond motifs is 2. The minimum absolute atomic E-state index is 0.0329. The molecule has 1 atom stereocenters. The standard InChI is InChI=1S/C23H27N3O3/c1-23(2,3)25-22(28)24-16-9-10-18-15(14-16)8-11-21(27)26(18)19-12-13-29-20-7-5-4-6-17(19)20/h4-7,9-10,14,19H,8,11-13H2,1-3H3,(H2,24,25,28). The number of anilines is 2. The molecule has 4 rings (SSSR count). The largest absolute Gasteiger partial charge is 0.493 e. The van der Waals surface area contributed by atoms with Crippen molar-refractivity contribution >= 4 is 23.3 Å². The van der Waals surface area contributed by atoms with Gasteiger partial charge in [-0.2, -0.15) is 0 Å². The van der Waals surface area contributed by atoms with E-state index in [-0.39, 0.29) is 23.5 Å². The number of aryl methyl sites for hydroxylation is 1. The van der Waals surface area contributed by atoms with Gasteiger partial charge in [-0.25, -0.2) is 4.79 Å². The number of benzene rings is 2. The molecule has 0 aliphatic carbocycles. The van der Waals surface area contributed by atoms with Gasteiger partial charge in [0.15, 0.2) is 0 Å². The second kappa shape index (κ2) is 7.43. The van der Waals surface area contributed by atoms with Crippen LogP contribution in [0.15, 0.2) is 42.5 Å². The van der Waals surface area contributed by atoms with Gasteiger partial charge in [-0.05, 0) is 57.0 Å². The summed E-state index contributed by atoms with van der Waals surface area (Å²) >= 11 is 0. The van der Waals surface area contributed by atoms with E-state index in [0.29, 0.717) is 19.4 Å². The van der Waals surface area contributed by atoms with E-state index in [9.17, 15) is 9.59 Å². The third-order valence-electron chi connectivity index (χ3n) is 5.20. The number of urea groups is 1. The Morgan fingerprint density at radius 1 is 1.14 bits per heavy atom. The van der Waals surface area contributed by atoms with Crippen molar-refractivity contribution in [3.05, 3.63) is 53.6 Å². The molecular weight excluding hydrogens is 366 g/mol. The van der Waals surface area contributed by atoms with Crippen molar-refractivity contribution in [2.45, 2.75) is 51.6 Å². The molecule has 0 bridgehead atoms. The van der Waals surface area contributed by atoms with E-state index in [0.717, 1.165) is 34.7 Å². The van der Waals surface area contributed by atoms with Crippen LogP contribution in [0.2, 0.25) is 0 Å². The highest BCUT2D eigenvalue weighted by Gasteiger charge is 2.34. The third-order valence-corrected chi connectivity index (χ3v) is 5.20. The smallest absolute Gasteiger partial charge is 0.319 e.